The van der Waals surface area contributed by atoms with Crippen LogP contribution in [0.15, 0.2) is 54.9 Å². The van der Waals surface area contributed by atoms with Gasteiger partial charge in [-0.25, -0.2) is 0 Å². The fourth-order valence-corrected chi connectivity index (χ4v) is 4.93. The molecule has 1 N–H and O–H groups in total. The number of nitrogens with zero attached hydrogens (tertiary/aromatic N) is 4. The first-order valence-electron chi connectivity index (χ1n) is 11.9. The number of amides is 1. The van der Waals surface area contributed by atoms with Gasteiger partial charge in [-0.2, -0.15) is 5.10 Å². The summed E-state index contributed by atoms with van der Waals surface area (Å²) >= 11 is 0. The summed E-state index contributed by atoms with van der Waals surface area (Å²) in [6, 6.07) is 14.1. The number of carbonyl (C=O) groups excluding carboxylic acids is 1. The van der Waals surface area contributed by atoms with Gasteiger partial charge < -0.3 is 5.32 Å². The molecule has 0 atom stereocenters. The molecule has 1 aromatic carbocycles. The van der Waals surface area contributed by atoms with E-state index < -0.39 is 0 Å². The van der Waals surface area contributed by atoms with Gasteiger partial charge in [0.1, 0.15) is 5.69 Å². The molecule has 6 heteroatoms. The summed E-state index contributed by atoms with van der Waals surface area (Å²) in [5.41, 5.74) is 6.54. The molecule has 0 saturated heterocycles. The zero-order chi connectivity index (χ0) is 22.8. The number of fused-ring (bicyclic) bond motifs is 1. The molecule has 0 bridgehead atoms. The zero-order valence-corrected chi connectivity index (χ0v) is 19.2. The maximum absolute atomic E-state index is 12.8. The van der Waals surface area contributed by atoms with Crippen LogP contribution in [-0.4, -0.2) is 31.7 Å². The molecule has 33 heavy (non-hydrogen) atoms. The fraction of sp³-hybridized carbons (Fsp3) is 0.333. The van der Waals surface area contributed by atoms with Crippen LogP contribution in [0.2, 0.25) is 0 Å². The Hall–Kier alpha value is -3.54. The van der Waals surface area contributed by atoms with Crippen molar-refractivity contribution in [1.29, 1.82) is 0 Å². The van der Waals surface area contributed by atoms with Crippen LogP contribution in [-0.2, 0) is 13.0 Å². The van der Waals surface area contributed by atoms with Crippen LogP contribution >= 0.6 is 0 Å². The minimum absolute atomic E-state index is 0.0155. The highest BCUT2D eigenvalue weighted by Gasteiger charge is 2.22. The Balaban J connectivity index is 1.62. The topological polar surface area (TPSA) is 72.7 Å². The number of hydrogen-bond acceptors (Lipinski definition) is 4. The van der Waals surface area contributed by atoms with Gasteiger partial charge in [-0.3, -0.25) is 19.4 Å². The Bertz CT molecular complexity index is 1290. The first kappa shape index (κ1) is 21.3. The average Bonchev–Trinajstić information content (AvgIpc) is 3.51. The van der Waals surface area contributed by atoms with Crippen LogP contribution in [0.3, 0.4) is 0 Å². The van der Waals surface area contributed by atoms with Crippen molar-refractivity contribution in [2.45, 2.75) is 58.5 Å². The van der Waals surface area contributed by atoms with E-state index in [2.05, 4.69) is 33.8 Å². The molecular formula is C27H29N5O. The third kappa shape index (κ3) is 4.01. The summed E-state index contributed by atoms with van der Waals surface area (Å²) in [6.45, 7) is 5.05. The van der Waals surface area contributed by atoms with Gasteiger partial charge in [0.25, 0.3) is 5.91 Å². The molecule has 1 saturated carbocycles. The fourth-order valence-electron chi connectivity index (χ4n) is 4.93. The molecule has 168 valence electrons. The van der Waals surface area contributed by atoms with Gasteiger partial charge in [-0.05, 0) is 62.1 Å². The number of pyridine rings is 2. The Kier molecular flexibility index (Phi) is 5.90. The largest absolute Gasteiger partial charge is 0.349 e. The standard InChI is InChI=1S/C27H29N5O/c1-3-24-25(26(31-32(24)4-2)22-11-7-8-15-28-22)21-14-16-29-23-17-18(12-13-20(21)23)27(33)30-19-9-5-6-10-19/h7-8,11-17,19H,3-6,9-10H2,1-2H3,(H,30,33). The minimum Gasteiger partial charge on any atom is -0.349 e. The third-order valence-electron chi connectivity index (χ3n) is 6.56. The molecule has 1 aliphatic rings. The molecule has 1 aliphatic carbocycles. The summed E-state index contributed by atoms with van der Waals surface area (Å²) in [6.07, 6.45) is 9.00. The van der Waals surface area contributed by atoms with Crippen LogP contribution in [0.25, 0.3) is 33.4 Å². The summed E-state index contributed by atoms with van der Waals surface area (Å²) < 4.78 is 2.06. The summed E-state index contributed by atoms with van der Waals surface area (Å²) in [5.74, 6) is -0.0155. The van der Waals surface area contributed by atoms with Crippen molar-refractivity contribution in [3.05, 3.63) is 66.1 Å². The second-order valence-electron chi connectivity index (χ2n) is 8.60. The molecule has 3 heterocycles. The summed E-state index contributed by atoms with van der Waals surface area (Å²) in [7, 11) is 0. The highest BCUT2D eigenvalue weighted by Crippen LogP contribution is 2.37. The lowest BCUT2D eigenvalue weighted by atomic mass is 9.96. The minimum atomic E-state index is -0.0155. The first-order chi connectivity index (χ1) is 16.2. The molecule has 0 radical (unpaired) electrons. The Morgan fingerprint density at radius 3 is 2.64 bits per heavy atom. The van der Waals surface area contributed by atoms with Gasteiger partial charge in [0.2, 0.25) is 0 Å². The monoisotopic (exact) mass is 439 g/mol. The number of aryl methyl sites for hydroxylation is 1. The second-order valence-corrected chi connectivity index (χ2v) is 8.60. The molecule has 0 unspecified atom stereocenters. The second kappa shape index (κ2) is 9.14. The van der Waals surface area contributed by atoms with Crippen molar-refractivity contribution in [2.24, 2.45) is 0 Å². The van der Waals surface area contributed by atoms with Gasteiger partial charge in [-0.15, -0.1) is 0 Å². The van der Waals surface area contributed by atoms with E-state index in [1.54, 1.807) is 6.20 Å². The summed E-state index contributed by atoms with van der Waals surface area (Å²) in [4.78, 5) is 22.0. The number of aromatic nitrogens is 4. The molecule has 1 amide bonds. The lowest BCUT2D eigenvalue weighted by molar-refractivity contribution is 0.0938. The maximum Gasteiger partial charge on any atom is 0.251 e. The summed E-state index contributed by atoms with van der Waals surface area (Å²) in [5, 5.41) is 9.11. The van der Waals surface area contributed by atoms with E-state index in [1.165, 1.54) is 18.5 Å². The predicted octanol–water partition coefficient (Wildman–Crippen LogP) is 5.42. The van der Waals surface area contributed by atoms with Crippen LogP contribution < -0.4 is 5.32 Å². The molecule has 0 spiro atoms. The van der Waals surface area contributed by atoms with Gasteiger partial charge in [0, 0.05) is 47.2 Å². The lowest BCUT2D eigenvalue weighted by Gasteiger charge is -2.13. The van der Waals surface area contributed by atoms with E-state index in [9.17, 15) is 4.79 Å². The van der Waals surface area contributed by atoms with Gasteiger partial charge in [0.05, 0.1) is 11.2 Å². The molecule has 3 aromatic heterocycles. The Morgan fingerprint density at radius 1 is 1.06 bits per heavy atom. The van der Waals surface area contributed by atoms with E-state index in [0.717, 1.165) is 59.2 Å². The Morgan fingerprint density at radius 2 is 1.91 bits per heavy atom. The normalized spacial score (nSPS) is 14.1. The Labute approximate surface area is 194 Å². The number of rotatable bonds is 6. The zero-order valence-electron chi connectivity index (χ0n) is 19.2. The third-order valence-corrected chi connectivity index (χ3v) is 6.56. The predicted molar refractivity (Wildman–Crippen MR) is 131 cm³/mol. The number of nitrogens with one attached hydrogen (secondary N) is 1. The highest BCUT2D eigenvalue weighted by molar-refractivity contribution is 6.03. The smallest absolute Gasteiger partial charge is 0.251 e. The van der Waals surface area contributed by atoms with Gasteiger partial charge in [0.15, 0.2) is 0 Å². The highest BCUT2D eigenvalue weighted by atomic mass is 16.1. The molecule has 0 aliphatic heterocycles. The lowest BCUT2D eigenvalue weighted by Crippen LogP contribution is -2.32. The van der Waals surface area contributed by atoms with Crippen molar-refractivity contribution in [3.63, 3.8) is 0 Å². The van der Waals surface area contributed by atoms with Crippen molar-refractivity contribution in [2.75, 3.05) is 0 Å². The van der Waals surface area contributed by atoms with Crippen molar-refractivity contribution < 1.29 is 4.79 Å². The maximum atomic E-state index is 12.8. The van der Waals surface area contributed by atoms with E-state index >= 15 is 0 Å². The quantitative estimate of drug-likeness (QED) is 0.436. The van der Waals surface area contributed by atoms with Crippen molar-refractivity contribution in [1.82, 2.24) is 25.1 Å². The SMILES string of the molecule is CCc1c(-c2ccnc3cc(C(=O)NC4CCCC4)ccc23)c(-c2ccccn2)nn1CC. The van der Waals surface area contributed by atoms with Crippen molar-refractivity contribution in [3.8, 4) is 22.5 Å². The van der Waals surface area contributed by atoms with Crippen LogP contribution in [0.1, 0.15) is 55.6 Å². The van der Waals surface area contributed by atoms with Crippen molar-refractivity contribution >= 4 is 16.8 Å². The number of benzene rings is 1. The van der Waals surface area contributed by atoms with E-state index in [-0.39, 0.29) is 5.91 Å². The average molecular weight is 440 g/mol. The van der Waals surface area contributed by atoms with Crippen LogP contribution in [0, 0.1) is 0 Å². The molecule has 4 aromatic rings. The number of hydrogen-bond donors (Lipinski definition) is 1. The van der Waals surface area contributed by atoms with E-state index in [1.807, 2.05) is 48.7 Å². The molecule has 1 fully saturated rings. The first-order valence-corrected chi connectivity index (χ1v) is 11.9. The van der Waals surface area contributed by atoms with Gasteiger partial charge >= 0.3 is 0 Å². The van der Waals surface area contributed by atoms with Crippen LogP contribution in [0.4, 0.5) is 0 Å². The number of carbonyl (C=O) groups is 1. The molecule has 5 rings (SSSR count). The van der Waals surface area contributed by atoms with Crippen LogP contribution in [0.5, 0.6) is 0 Å². The van der Waals surface area contributed by atoms with E-state index in [4.69, 9.17) is 5.10 Å². The molecular weight excluding hydrogens is 410 g/mol. The van der Waals surface area contributed by atoms with E-state index in [0.29, 0.717) is 11.6 Å². The van der Waals surface area contributed by atoms with Gasteiger partial charge in [-0.1, -0.05) is 31.9 Å². The molecule has 6 nitrogen and oxygen atoms in total.